The predicted molar refractivity (Wildman–Crippen MR) is 44.9 cm³/mol. The number of carboxylic acid groups (broad SMARTS) is 1. The second-order valence-corrected chi connectivity index (χ2v) is 2.92. The highest BCUT2D eigenvalue weighted by molar-refractivity contribution is 14.1. The van der Waals surface area contributed by atoms with E-state index in [4.69, 9.17) is 5.11 Å². The molecule has 9 heavy (non-hydrogen) atoms. The Morgan fingerprint density at radius 3 is 2.78 bits per heavy atom. The van der Waals surface area contributed by atoms with Gasteiger partial charge in [0, 0.05) is 0 Å². The Kier molecular flexibility index (Phi) is 4.75. The van der Waals surface area contributed by atoms with Gasteiger partial charge >= 0.3 is 5.97 Å². The number of hydrogen-bond donors (Lipinski definition) is 1. The van der Waals surface area contributed by atoms with Crippen LogP contribution in [-0.4, -0.2) is 15.0 Å². The van der Waals surface area contributed by atoms with Gasteiger partial charge in [0.1, 0.15) is 3.92 Å². The standard InChI is InChI=1S/C6H9IO2/c1-2-3-4-5(7)6(8)9/h3-5H,2H2,1H3,(H,8,9). The molecule has 1 atom stereocenters. The second-order valence-electron chi connectivity index (χ2n) is 1.58. The first kappa shape index (κ1) is 8.94. The molecule has 0 bridgehead atoms. The molecule has 52 valence electrons. The van der Waals surface area contributed by atoms with Crippen LogP contribution in [0.5, 0.6) is 0 Å². The molecule has 1 unspecified atom stereocenters. The number of hydrogen-bond acceptors (Lipinski definition) is 1. The molecular formula is C6H9IO2. The molecule has 0 aromatic heterocycles. The van der Waals surface area contributed by atoms with Crippen molar-refractivity contribution in [1.82, 2.24) is 0 Å². The van der Waals surface area contributed by atoms with E-state index in [0.717, 1.165) is 6.42 Å². The number of halogens is 1. The van der Waals surface area contributed by atoms with Crippen molar-refractivity contribution in [3.05, 3.63) is 12.2 Å². The van der Waals surface area contributed by atoms with E-state index in [1.165, 1.54) is 0 Å². The fraction of sp³-hybridized carbons (Fsp3) is 0.500. The molecule has 0 fully saturated rings. The first-order chi connectivity index (χ1) is 4.18. The maximum absolute atomic E-state index is 10.1. The number of allylic oxidation sites excluding steroid dienone is 1. The van der Waals surface area contributed by atoms with E-state index in [1.807, 2.05) is 35.6 Å². The van der Waals surface area contributed by atoms with Crippen LogP contribution in [0.1, 0.15) is 13.3 Å². The lowest BCUT2D eigenvalue weighted by atomic mass is 10.3. The molecular weight excluding hydrogens is 231 g/mol. The molecule has 2 nitrogen and oxygen atoms in total. The van der Waals surface area contributed by atoms with E-state index < -0.39 is 5.97 Å². The molecule has 0 aromatic carbocycles. The fourth-order valence-electron chi connectivity index (χ4n) is 0.338. The van der Waals surface area contributed by atoms with Gasteiger partial charge in [0.2, 0.25) is 0 Å². The van der Waals surface area contributed by atoms with Crippen molar-refractivity contribution in [3.63, 3.8) is 0 Å². The smallest absolute Gasteiger partial charge is 0.320 e. The van der Waals surface area contributed by atoms with Crippen molar-refractivity contribution in [2.24, 2.45) is 0 Å². The van der Waals surface area contributed by atoms with Gasteiger partial charge < -0.3 is 5.11 Å². The maximum Gasteiger partial charge on any atom is 0.320 e. The van der Waals surface area contributed by atoms with Gasteiger partial charge in [0.15, 0.2) is 0 Å². The second kappa shape index (κ2) is 4.78. The average molecular weight is 240 g/mol. The van der Waals surface area contributed by atoms with Crippen LogP contribution in [0.15, 0.2) is 12.2 Å². The van der Waals surface area contributed by atoms with Gasteiger partial charge in [-0.15, -0.1) is 0 Å². The van der Waals surface area contributed by atoms with E-state index in [-0.39, 0.29) is 3.92 Å². The van der Waals surface area contributed by atoms with Crippen molar-refractivity contribution in [3.8, 4) is 0 Å². The number of carbonyl (C=O) groups is 1. The van der Waals surface area contributed by atoms with Crippen LogP contribution in [-0.2, 0) is 4.79 Å². The van der Waals surface area contributed by atoms with Crippen LogP contribution in [0.4, 0.5) is 0 Å². The Bertz CT molecular complexity index is 120. The summed E-state index contributed by atoms with van der Waals surface area (Å²) in [6.45, 7) is 1.97. The Balaban J connectivity index is 3.62. The van der Waals surface area contributed by atoms with Crippen LogP contribution < -0.4 is 0 Å². The molecule has 0 saturated heterocycles. The summed E-state index contributed by atoms with van der Waals surface area (Å²) < 4.78 is -0.373. The molecule has 0 aliphatic carbocycles. The number of aliphatic carboxylic acids is 1. The molecule has 0 saturated carbocycles. The summed E-state index contributed by atoms with van der Waals surface area (Å²) in [5.74, 6) is -0.777. The Morgan fingerprint density at radius 2 is 2.44 bits per heavy atom. The average Bonchev–Trinajstić information content (AvgIpc) is 1.82. The van der Waals surface area contributed by atoms with Crippen molar-refractivity contribution in [1.29, 1.82) is 0 Å². The highest BCUT2D eigenvalue weighted by Gasteiger charge is 2.05. The molecule has 0 aliphatic heterocycles. The van der Waals surface area contributed by atoms with Gasteiger partial charge in [-0.2, -0.15) is 0 Å². The fourth-order valence-corrected chi connectivity index (χ4v) is 0.631. The van der Waals surface area contributed by atoms with Crippen molar-refractivity contribution in [2.45, 2.75) is 17.3 Å². The van der Waals surface area contributed by atoms with Crippen molar-refractivity contribution >= 4 is 28.6 Å². The van der Waals surface area contributed by atoms with Gasteiger partial charge in [-0.05, 0) is 6.42 Å². The Labute approximate surface area is 68.1 Å². The lowest BCUT2D eigenvalue weighted by Gasteiger charge is -1.92. The van der Waals surface area contributed by atoms with E-state index in [9.17, 15) is 4.79 Å². The summed E-state index contributed by atoms with van der Waals surface area (Å²) >= 11 is 1.87. The molecule has 0 heterocycles. The molecule has 0 rings (SSSR count). The van der Waals surface area contributed by atoms with Gasteiger partial charge in [-0.25, -0.2) is 0 Å². The monoisotopic (exact) mass is 240 g/mol. The number of alkyl halides is 1. The summed E-state index contributed by atoms with van der Waals surface area (Å²) in [7, 11) is 0. The summed E-state index contributed by atoms with van der Waals surface area (Å²) in [6, 6.07) is 0. The summed E-state index contributed by atoms with van der Waals surface area (Å²) in [6.07, 6.45) is 4.43. The lowest BCUT2D eigenvalue weighted by Crippen LogP contribution is -2.08. The maximum atomic E-state index is 10.1. The quantitative estimate of drug-likeness (QED) is 0.464. The van der Waals surface area contributed by atoms with Gasteiger partial charge in [-0.1, -0.05) is 41.7 Å². The van der Waals surface area contributed by atoms with Gasteiger partial charge in [-0.3, -0.25) is 4.79 Å². The molecule has 0 radical (unpaired) electrons. The highest BCUT2D eigenvalue weighted by Crippen LogP contribution is 2.02. The SMILES string of the molecule is CCC=CC(I)C(=O)O. The predicted octanol–water partition coefficient (Wildman–Crippen LogP) is 1.84. The Hall–Kier alpha value is -0.0600. The third-order valence-corrected chi connectivity index (χ3v) is 1.72. The van der Waals surface area contributed by atoms with Crippen LogP contribution in [0.25, 0.3) is 0 Å². The van der Waals surface area contributed by atoms with E-state index in [0.29, 0.717) is 0 Å². The zero-order valence-corrected chi connectivity index (χ0v) is 7.33. The van der Waals surface area contributed by atoms with E-state index in [2.05, 4.69) is 0 Å². The molecule has 0 amide bonds. The van der Waals surface area contributed by atoms with E-state index >= 15 is 0 Å². The third-order valence-electron chi connectivity index (χ3n) is 0.777. The largest absolute Gasteiger partial charge is 0.480 e. The summed E-state index contributed by atoms with van der Waals surface area (Å²) in [5, 5.41) is 8.35. The molecule has 0 spiro atoms. The molecule has 1 N–H and O–H groups in total. The van der Waals surface area contributed by atoms with Crippen LogP contribution in [0.2, 0.25) is 0 Å². The van der Waals surface area contributed by atoms with Crippen LogP contribution in [0.3, 0.4) is 0 Å². The van der Waals surface area contributed by atoms with E-state index in [1.54, 1.807) is 6.08 Å². The van der Waals surface area contributed by atoms with Crippen LogP contribution in [0, 0.1) is 0 Å². The normalized spacial score (nSPS) is 14.0. The molecule has 0 aromatic rings. The minimum Gasteiger partial charge on any atom is -0.480 e. The number of rotatable bonds is 3. The minimum atomic E-state index is -0.777. The lowest BCUT2D eigenvalue weighted by molar-refractivity contribution is -0.135. The summed E-state index contributed by atoms with van der Waals surface area (Å²) in [4.78, 5) is 10.1. The van der Waals surface area contributed by atoms with Gasteiger partial charge in [0.05, 0.1) is 0 Å². The van der Waals surface area contributed by atoms with Crippen LogP contribution >= 0.6 is 22.6 Å². The van der Waals surface area contributed by atoms with Crippen molar-refractivity contribution < 1.29 is 9.90 Å². The zero-order chi connectivity index (χ0) is 7.28. The molecule has 0 aliphatic rings. The first-order valence-corrected chi connectivity index (χ1v) is 3.96. The van der Waals surface area contributed by atoms with Crippen molar-refractivity contribution in [2.75, 3.05) is 0 Å². The third kappa shape index (κ3) is 4.44. The first-order valence-electron chi connectivity index (χ1n) is 2.72. The highest BCUT2D eigenvalue weighted by atomic mass is 127. The topological polar surface area (TPSA) is 37.3 Å². The zero-order valence-electron chi connectivity index (χ0n) is 5.17. The summed E-state index contributed by atoms with van der Waals surface area (Å²) in [5.41, 5.74) is 0. The Morgan fingerprint density at radius 1 is 1.89 bits per heavy atom. The minimum absolute atomic E-state index is 0.373. The van der Waals surface area contributed by atoms with Gasteiger partial charge in [0.25, 0.3) is 0 Å². The number of carboxylic acids is 1. The molecule has 3 heteroatoms.